The number of carbonyl (C=O) groups excluding carboxylic acids is 2. The lowest BCUT2D eigenvalue weighted by molar-refractivity contribution is 0.0602. The van der Waals surface area contributed by atoms with E-state index >= 15 is 0 Å². The van der Waals surface area contributed by atoms with Crippen LogP contribution in [0.15, 0.2) is 16.5 Å². The van der Waals surface area contributed by atoms with Crippen molar-refractivity contribution in [2.45, 2.75) is 51.5 Å². The Kier molecular flexibility index (Phi) is 7.14. The Morgan fingerprint density at radius 3 is 2.52 bits per heavy atom. The van der Waals surface area contributed by atoms with Gasteiger partial charge in [-0.05, 0) is 25.0 Å². The van der Waals surface area contributed by atoms with E-state index < -0.39 is 5.54 Å². The number of alkyl halides is 1. The number of nitrogens with one attached hydrogen (secondary N) is 2. The fourth-order valence-electron chi connectivity index (χ4n) is 5.24. The minimum Gasteiger partial charge on any atom is -0.450 e. The molecule has 9 heteroatoms. The molecule has 0 radical (unpaired) electrons. The molecule has 1 aliphatic carbocycles. The van der Waals surface area contributed by atoms with Gasteiger partial charge in [-0.3, -0.25) is 9.69 Å². The zero-order valence-electron chi connectivity index (χ0n) is 19.3. The van der Waals surface area contributed by atoms with Crippen LogP contribution < -0.4 is 10.6 Å². The molecule has 2 N–H and O–H groups in total. The fraction of sp³-hybridized carbons (Fsp3) is 0.583. The molecule has 33 heavy (non-hydrogen) atoms. The summed E-state index contributed by atoms with van der Waals surface area (Å²) in [6.07, 6.45) is 4.75. The molecule has 7 nitrogen and oxygen atoms in total. The highest BCUT2D eigenvalue weighted by Crippen LogP contribution is 2.49. The molecule has 0 atom stereocenters. The molecule has 1 saturated heterocycles. The zero-order valence-corrected chi connectivity index (χ0v) is 20.1. The van der Waals surface area contributed by atoms with Crippen molar-refractivity contribution in [3.63, 3.8) is 0 Å². The Hall–Kier alpha value is -2.32. The minimum atomic E-state index is -0.533. The highest BCUT2D eigenvalue weighted by molar-refractivity contribution is 6.35. The molecule has 1 spiro atoms. The largest absolute Gasteiger partial charge is 0.450 e. The van der Waals surface area contributed by atoms with Gasteiger partial charge in [-0.2, -0.15) is 0 Å². The van der Waals surface area contributed by atoms with Crippen LogP contribution in [0.4, 0.5) is 14.9 Å². The van der Waals surface area contributed by atoms with Crippen LogP contribution in [0.1, 0.15) is 62.1 Å². The Labute approximate surface area is 198 Å². The lowest BCUT2D eigenvalue weighted by Gasteiger charge is -2.42. The molecular formula is C24H32ClFN4O3. The number of carbonyl (C=O) groups is 2. The topological polar surface area (TPSA) is 77.8 Å². The van der Waals surface area contributed by atoms with Gasteiger partial charge in [0, 0.05) is 43.7 Å². The number of hydrogen-bond acceptors (Lipinski definition) is 4. The normalized spacial score (nSPS) is 20.0. The summed E-state index contributed by atoms with van der Waals surface area (Å²) in [5.41, 5.74) is 1.50. The van der Waals surface area contributed by atoms with Gasteiger partial charge in [0.15, 0.2) is 5.76 Å². The van der Waals surface area contributed by atoms with E-state index in [9.17, 15) is 14.0 Å². The van der Waals surface area contributed by atoms with E-state index in [0.717, 1.165) is 43.1 Å². The maximum absolute atomic E-state index is 13.1. The molecule has 1 saturated carbocycles. The first-order valence-electron chi connectivity index (χ1n) is 11.9. The predicted molar refractivity (Wildman–Crippen MR) is 128 cm³/mol. The number of anilines is 1. The van der Waals surface area contributed by atoms with Gasteiger partial charge >= 0.3 is 6.03 Å². The fourth-order valence-corrected chi connectivity index (χ4v) is 5.50. The number of furan rings is 1. The van der Waals surface area contributed by atoms with Crippen molar-refractivity contribution in [1.29, 1.82) is 0 Å². The van der Waals surface area contributed by atoms with E-state index in [-0.39, 0.29) is 24.4 Å². The predicted octanol–water partition coefficient (Wildman–Crippen LogP) is 5.13. The van der Waals surface area contributed by atoms with Gasteiger partial charge in [0.25, 0.3) is 5.91 Å². The van der Waals surface area contributed by atoms with Crippen molar-refractivity contribution in [3.05, 3.63) is 28.5 Å². The summed E-state index contributed by atoms with van der Waals surface area (Å²) in [6.45, 7) is 6.40. The van der Waals surface area contributed by atoms with E-state index in [0.29, 0.717) is 49.0 Å². The second-order valence-corrected chi connectivity index (χ2v) is 9.09. The molecule has 180 valence electrons. The standard InChI is InChI=1S/C22H26ClFN4O3.C2H6/c23-15-12-14-13-16(20(29)28-10-8-27(7-6-24)9-11-28)31-19(14)17-18(15)25-21(30)26-22(17)4-2-1-3-5-22;1-2/h12-13H,1-11H2,(H2,25,26,30);1-2H3. The minimum absolute atomic E-state index is 0.175. The van der Waals surface area contributed by atoms with E-state index in [2.05, 4.69) is 10.6 Å². The molecule has 2 aromatic rings. The first kappa shape index (κ1) is 23.8. The van der Waals surface area contributed by atoms with Gasteiger partial charge in [0.05, 0.1) is 16.2 Å². The molecule has 0 bridgehead atoms. The molecule has 1 aromatic heterocycles. The summed E-state index contributed by atoms with van der Waals surface area (Å²) >= 11 is 6.56. The second kappa shape index (κ2) is 9.89. The van der Waals surface area contributed by atoms with Gasteiger partial charge in [-0.15, -0.1) is 0 Å². The number of benzene rings is 1. The van der Waals surface area contributed by atoms with Crippen LogP contribution in [0.3, 0.4) is 0 Å². The summed E-state index contributed by atoms with van der Waals surface area (Å²) in [6, 6.07) is 3.23. The van der Waals surface area contributed by atoms with Crippen molar-refractivity contribution < 1.29 is 18.4 Å². The molecule has 1 aromatic carbocycles. The quantitative estimate of drug-likeness (QED) is 0.640. The third-order valence-electron chi connectivity index (χ3n) is 6.81. The van der Waals surface area contributed by atoms with Crippen molar-refractivity contribution >= 4 is 40.2 Å². The average Bonchev–Trinajstić information content (AvgIpc) is 3.24. The number of fused-ring (bicyclic) bond motifs is 4. The van der Waals surface area contributed by atoms with Crippen molar-refractivity contribution in [1.82, 2.24) is 15.1 Å². The second-order valence-electron chi connectivity index (χ2n) is 8.68. The number of nitrogens with zero attached hydrogens (tertiary/aromatic N) is 2. The third kappa shape index (κ3) is 4.43. The van der Waals surface area contributed by atoms with Crippen LogP contribution in [0.25, 0.3) is 11.0 Å². The van der Waals surface area contributed by atoms with Crippen LogP contribution in [-0.4, -0.2) is 61.1 Å². The first-order chi connectivity index (χ1) is 16.0. The molecular weight excluding hydrogens is 447 g/mol. The van der Waals surface area contributed by atoms with Gasteiger partial charge in [0.2, 0.25) is 0 Å². The van der Waals surface area contributed by atoms with Gasteiger partial charge < -0.3 is 20.0 Å². The number of halogens is 2. The van der Waals surface area contributed by atoms with E-state index in [1.165, 1.54) is 0 Å². The first-order valence-corrected chi connectivity index (χ1v) is 12.3. The molecule has 0 unspecified atom stereocenters. The summed E-state index contributed by atoms with van der Waals surface area (Å²) in [5, 5.41) is 7.16. The lowest BCUT2D eigenvalue weighted by Crippen LogP contribution is -2.52. The Balaban J connectivity index is 0.00000126. The highest BCUT2D eigenvalue weighted by atomic mass is 35.5. The van der Waals surface area contributed by atoms with Crippen LogP contribution in [0.2, 0.25) is 5.02 Å². The number of piperazine rings is 1. The van der Waals surface area contributed by atoms with E-state index in [1.807, 2.05) is 18.7 Å². The number of hydrogen-bond donors (Lipinski definition) is 2. The van der Waals surface area contributed by atoms with Crippen molar-refractivity contribution in [3.8, 4) is 0 Å². The van der Waals surface area contributed by atoms with Crippen LogP contribution in [0.5, 0.6) is 0 Å². The van der Waals surface area contributed by atoms with Gasteiger partial charge in [0.1, 0.15) is 12.3 Å². The molecule has 3 aliphatic rings. The van der Waals surface area contributed by atoms with Crippen molar-refractivity contribution in [2.24, 2.45) is 0 Å². The zero-order chi connectivity index (χ0) is 23.6. The summed E-state index contributed by atoms with van der Waals surface area (Å²) in [5.74, 6) is 0.0905. The number of amides is 3. The highest BCUT2D eigenvalue weighted by Gasteiger charge is 2.44. The van der Waals surface area contributed by atoms with E-state index in [1.54, 1.807) is 17.0 Å². The molecule has 3 heterocycles. The molecule has 2 aliphatic heterocycles. The maximum atomic E-state index is 13.1. The Morgan fingerprint density at radius 2 is 1.85 bits per heavy atom. The summed E-state index contributed by atoms with van der Waals surface area (Å²) in [4.78, 5) is 29.3. The Morgan fingerprint density at radius 1 is 1.15 bits per heavy atom. The van der Waals surface area contributed by atoms with Crippen LogP contribution in [0, 0.1) is 0 Å². The molecule has 2 fully saturated rings. The van der Waals surface area contributed by atoms with Crippen LogP contribution in [-0.2, 0) is 5.54 Å². The van der Waals surface area contributed by atoms with Gasteiger partial charge in [-0.1, -0.05) is 44.7 Å². The lowest BCUT2D eigenvalue weighted by atomic mass is 9.74. The smallest absolute Gasteiger partial charge is 0.319 e. The monoisotopic (exact) mass is 478 g/mol. The van der Waals surface area contributed by atoms with Gasteiger partial charge in [-0.25, -0.2) is 9.18 Å². The van der Waals surface area contributed by atoms with Crippen molar-refractivity contribution in [2.75, 3.05) is 44.7 Å². The summed E-state index contributed by atoms with van der Waals surface area (Å²) in [7, 11) is 0. The van der Waals surface area contributed by atoms with Crippen LogP contribution >= 0.6 is 11.6 Å². The number of rotatable bonds is 3. The summed E-state index contributed by atoms with van der Waals surface area (Å²) < 4.78 is 18.7. The molecule has 3 amide bonds. The Bertz CT molecular complexity index is 1030. The SMILES string of the molecule is CC.O=C1Nc2c(Cl)cc3cc(C(=O)N4CCN(CCF)CC4)oc3c2C2(CCCCC2)N1. The molecule has 5 rings (SSSR count). The van der Waals surface area contributed by atoms with E-state index in [4.69, 9.17) is 16.0 Å². The maximum Gasteiger partial charge on any atom is 0.319 e. The third-order valence-corrected chi connectivity index (χ3v) is 7.11. The average molecular weight is 479 g/mol. The number of urea groups is 1.